The zero-order valence-electron chi connectivity index (χ0n) is 11.1. The first kappa shape index (κ1) is 16.6. The third-order valence-electron chi connectivity index (χ3n) is 2.46. The van der Waals surface area contributed by atoms with Gasteiger partial charge in [0.25, 0.3) is 10.0 Å². The molecule has 0 atom stereocenters. The van der Waals surface area contributed by atoms with E-state index in [0.717, 1.165) is 21.5 Å². The summed E-state index contributed by atoms with van der Waals surface area (Å²) in [5.41, 5.74) is 0.397. The van der Waals surface area contributed by atoms with Crippen LogP contribution in [-0.2, 0) is 10.0 Å². The molecule has 0 bridgehead atoms. The van der Waals surface area contributed by atoms with E-state index in [1.807, 2.05) is 6.92 Å². The van der Waals surface area contributed by atoms with E-state index in [2.05, 4.69) is 20.7 Å². The smallest absolute Gasteiger partial charge is 0.271 e. The van der Waals surface area contributed by atoms with Gasteiger partial charge in [-0.05, 0) is 52.7 Å². The van der Waals surface area contributed by atoms with Crippen LogP contribution < -0.4 is 9.46 Å². The van der Waals surface area contributed by atoms with E-state index in [1.54, 1.807) is 18.2 Å². The van der Waals surface area contributed by atoms with Gasteiger partial charge in [-0.15, -0.1) is 11.3 Å². The maximum Gasteiger partial charge on any atom is 0.271 e. The number of benzene rings is 1. The molecule has 8 heteroatoms. The highest BCUT2D eigenvalue weighted by Gasteiger charge is 2.17. The first-order valence-corrected chi connectivity index (χ1v) is 9.60. The van der Waals surface area contributed by atoms with E-state index in [4.69, 9.17) is 16.3 Å². The molecular weight excluding hydrogens is 398 g/mol. The molecule has 1 aromatic heterocycles. The molecule has 1 N–H and O–H groups in total. The molecule has 2 rings (SSSR count). The van der Waals surface area contributed by atoms with Crippen LogP contribution in [0.5, 0.6) is 5.75 Å². The second-order valence-corrected chi connectivity index (χ2v) is 8.94. The van der Waals surface area contributed by atoms with Crippen molar-refractivity contribution in [1.29, 1.82) is 0 Å². The van der Waals surface area contributed by atoms with Crippen LogP contribution in [0.2, 0.25) is 5.02 Å². The van der Waals surface area contributed by atoms with Gasteiger partial charge in [0.15, 0.2) is 0 Å². The van der Waals surface area contributed by atoms with Crippen molar-refractivity contribution in [3.8, 4) is 5.75 Å². The van der Waals surface area contributed by atoms with E-state index >= 15 is 0 Å². The summed E-state index contributed by atoms with van der Waals surface area (Å²) in [5, 5.41) is 0.371. The molecule has 114 valence electrons. The summed E-state index contributed by atoms with van der Waals surface area (Å²) in [7, 11) is -3.60. The van der Waals surface area contributed by atoms with E-state index < -0.39 is 10.0 Å². The molecule has 0 aliphatic carbocycles. The van der Waals surface area contributed by atoms with Crippen molar-refractivity contribution in [2.45, 2.75) is 17.6 Å². The molecule has 0 amide bonds. The predicted octanol–water partition coefficient (Wildman–Crippen LogP) is 4.75. The Kier molecular flexibility index (Phi) is 5.54. The Balaban J connectivity index is 2.18. The first-order chi connectivity index (χ1) is 9.92. The van der Waals surface area contributed by atoms with E-state index in [1.165, 1.54) is 12.1 Å². The molecule has 0 fully saturated rings. The van der Waals surface area contributed by atoms with Gasteiger partial charge in [-0.3, -0.25) is 4.72 Å². The molecule has 0 aliphatic rings. The fourth-order valence-corrected chi connectivity index (χ4v) is 4.84. The van der Waals surface area contributed by atoms with Crippen molar-refractivity contribution in [3.63, 3.8) is 0 Å². The Morgan fingerprint density at radius 2 is 2.10 bits per heavy atom. The zero-order chi connectivity index (χ0) is 15.5. The molecule has 0 unspecified atom stereocenters. The van der Waals surface area contributed by atoms with Gasteiger partial charge in [0.05, 0.1) is 21.1 Å². The minimum absolute atomic E-state index is 0.233. The molecule has 0 spiro atoms. The Labute approximate surface area is 141 Å². The molecule has 21 heavy (non-hydrogen) atoms. The number of nitrogens with one attached hydrogen (secondary N) is 1. The maximum atomic E-state index is 12.2. The second kappa shape index (κ2) is 7.00. The monoisotopic (exact) mass is 409 g/mol. The van der Waals surface area contributed by atoms with E-state index in [9.17, 15) is 8.42 Å². The van der Waals surface area contributed by atoms with Crippen molar-refractivity contribution in [2.75, 3.05) is 11.3 Å². The van der Waals surface area contributed by atoms with Crippen molar-refractivity contribution >= 4 is 54.6 Å². The average molecular weight is 411 g/mol. The van der Waals surface area contributed by atoms with Crippen molar-refractivity contribution in [3.05, 3.63) is 39.1 Å². The van der Waals surface area contributed by atoms with Gasteiger partial charge in [0, 0.05) is 0 Å². The fourth-order valence-electron chi connectivity index (χ4n) is 1.54. The van der Waals surface area contributed by atoms with Crippen LogP contribution in [0.4, 0.5) is 5.69 Å². The van der Waals surface area contributed by atoms with Crippen LogP contribution >= 0.6 is 38.9 Å². The minimum Gasteiger partial charge on any atom is -0.492 e. The van der Waals surface area contributed by atoms with Gasteiger partial charge in [-0.1, -0.05) is 18.5 Å². The van der Waals surface area contributed by atoms with Gasteiger partial charge in [-0.25, -0.2) is 8.42 Å². The number of halogens is 2. The van der Waals surface area contributed by atoms with Crippen LogP contribution in [0, 0.1) is 0 Å². The summed E-state index contributed by atoms with van der Waals surface area (Å²) in [4.78, 5) is 0. The molecule has 1 aromatic carbocycles. The number of ether oxygens (including phenoxy) is 1. The Morgan fingerprint density at radius 3 is 2.67 bits per heavy atom. The maximum absolute atomic E-state index is 12.2. The van der Waals surface area contributed by atoms with E-state index in [0.29, 0.717) is 23.1 Å². The largest absolute Gasteiger partial charge is 0.492 e. The minimum atomic E-state index is -3.60. The number of hydrogen-bond donors (Lipinski definition) is 1. The standard InChI is InChI=1S/C13H13BrClNO3S2/c1-2-7-19-11-4-3-9(8-10(11)15)16-21(17,18)13-6-5-12(14)20-13/h3-6,8,16H,2,7H2,1H3. The van der Waals surface area contributed by atoms with Crippen LogP contribution in [0.15, 0.2) is 38.3 Å². The Morgan fingerprint density at radius 1 is 1.33 bits per heavy atom. The molecule has 0 radical (unpaired) electrons. The quantitative estimate of drug-likeness (QED) is 0.747. The number of anilines is 1. The van der Waals surface area contributed by atoms with Gasteiger partial charge in [0.1, 0.15) is 9.96 Å². The highest BCUT2D eigenvalue weighted by molar-refractivity contribution is 9.11. The van der Waals surface area contributed by atoms with Gasteiger partial charge in [0.2, 0.25) is 0 Å². The third-order valence-corrected chi connectivity index (χ3v) is 6.25. The van der Waals surface area contributed by atoms with Gasteiger partial charge in [-0.2, -0.15) is 0 Å². The number of rotatable bonds is 6. The lowest BCUT2D eigenvalue weighted by Crippen LogP contribution is -2.11. The Bertz CT molecular complexity index is 731. The lowest BCUT2D eigenvalue weighted by molar-refractivity contribution is 0.317. The zero-order valence-corrected chi connectivity index (χ0v) is 15.1. The van der Waals surface area contributed by atoms with Crippen LogP contribution in [0.25, 0.3) is 0 Å². The Hall–Kier alpha value is -0.760. The van der Waals surface area contributed by atoms with Crippen LogP contribution in [0.3, 0.4) is 0 Å². The highest BCUT2D eigenvalue weighted by atomic mass is 79.9. The molecule has 2 aromatic rings. The molecular formula is C13H13BrClNO3S2. The summed E-state index contributed by atoms with van der Waals surface area (Å²) in [6.07, 6.45) is 0.873. The van der Waals surface area contributed by atoms with Gasteiger partial charge < -0.3 is 4.74 Å². The molecule has 0 saturated heterocycles. The molecule has 1 heterocycles. The SMILES string of the molecule is CCCOc1ccc(NS(=O)(=O)c2ccc(Br)s2)cc1Cl. The third kappa shape index (κ3) is 4.35. The predicted molar refractivity (Wildman–Crippen MR) is 90.1 cm³/mol. The van der Waals surface area contributed by atoms with E-state index in [-0.39, 0.29) is 4.21 Å². The normalized spacial score (nSPS) is 11.4. The molecule has 4 nitrogen and oxygen atoms in total. The lowest BCUT2D eigenvalue weighted by atomic mass is 10.3. The van der Waals surface area contributed by atoms with Crippen molar-refractivity contribution in [1.82, 2.24) is 0 Å². The van der Waals surface area contributed by atoms with Gasteiger partial charge >= 0.3 is 0 Å². The van der Waals surface area contributed by atoms with Crippen LogP contribution in [-0.4, -0.2) is 15.0 Å². The van der Waals surface area contributed by atoms with Crippen molar-refractivity contribution < 1.29 is 13.2 Å². The van der Waals surface area contributed by atoms with Crippen molar-refractivity contribution in [2.24, 2.45) is 0 Å². The van der Waals surface area contributed by atoms with Crippen LogP contribution in [0.1, 0.15) is 13.3 Å². The number of thiophene rings is 1. The summed E-state index contributed by atoms with van der Waals surface area (Å²) < 4.78 is 33.3. The summed E-state index contributed by atoms with van der Waals surface area (Å²) in [6.45, 7) is 2.56. The fraction of sp³-hybridized carbons (Fsp3) is 0.231. The second-order valence-electron chi connectivity index (χ2n) is 4.16. The topological polar surface area (TPSA) is 55.4 Å². The number of sulfonamides is 1. The highest BCUT2D eigenvalue weighted by Crippen LogP contribution is 2.31. The molecule has 0 aliphatic heterocycles. The molecule has 0 saturated carbocycles. The average Bonchev–Trinajstić information content (AvgIpc) is 2.85. The lowest BCUT2D eigenvalue weighted by Gasteiger charge is -2.10. The number of hydrogen-bond acceptors (Lipinski definition) is 4. The first-order valence-electron chi connectivity index (χ1n) is 6.13. The summed E-state index contributed by atoms with van der Waals surface area (Å²) in [6, 6.07) is 8.04. The summed E-state index contributed by atoms with van der Waals surface area (Å²) >= 11 is 10.5. The summed E-state index contributed by atoms with van der Waals surface area (Å²) in [5.74, 6) is 0.542.